The Balaban J connectivity index is 1.84. The lowest BCUT2D eigenvalue weighted by atomic mass is 10.1. The van der Waals surface area contributed by atoms with Crippen molar-refractivity contribution in [2.75, 3.05) is 5.32 Å². The van der Waals surface area contributed by atoms with Crippen LogP contribution in [0, 0.1) is 0 Å². The van der Waals surface area contributed by atoms with E-state index in [0.29, 0.717) is 11.4 Å². The Morgan fingerprint density at radius 1 is 1.20 bits per heavy atom. The highest BCUT2D eigenvalue weighted by Crippen LogP contribution is 2.19. The van der Waals surface area contributed by atoms with E-state index in [4.69, 9.17) is 0 Å². The molecule has 2 N–H and O–H groups in total. The Bertz CT molecular complexity index is 709. The van der Waals surface area contributed by atoms with Gasteiger partial charge in [0, 0.05) is 23.5 Å². The van der Waals surface area contributed by atoms with Crippen molar-refractivity contribution < 1.29 is 4.79 Å². The number of amides is 1. The molecule has 0 saturated carbocycles. The molecule has 0 spiro atoms. The normalized spacial score (nSPS) is 10.2. The van der Waals surface area contributed by atoms with Gasteiger partial charge in [-0.15, -0.1) is 0 Å². The first-order chi connectivity index (χ1) is 9.83. The summed E-state index contributed by atoms with van der Waals surface area (Å²) < 4.78 is 0. The highest BCUT2D eigenvalue weighted by molar-refractivity contribution is 6.04. The molecular weight excluding hydrogens is 254 g/mol. The topological polar surface area (TPSA) is 83.6 Å². The molecule has 3 aromatic rings. The molecule has 2 heterocycles. The van der Waals surface area contributed by atoms with Crippen LogP contribution in [0.15, 0.2) is 55.2 Å². The van der Waals surface area contributed by atoms with Crippen molar-refractivity contribution in [2.45, 2.75) is 0 Å². The first-order valence-corrected chi connectivity index (χ1v) is 5.99. The fourth-order valence-corrected chi connectivity index (χ4v) is 1.80. The molecule has 0 saturated heterocycles. The molecule has 1 aromatic carbocycles. The van der Waals surface area contributed by atoms with Gasteiger partial charge in [0.2, 0.25) is 0 Å². The molecule has 6 heteroatoms. The van der Waals surface area contributed by atoms with Gasteiger partial charge in [-0.1, -0.05) is 12.1 Å². The summed E-state index contributed by atoms with van der Waals surface area (Å²) in [7, 11) is 0. The van der Waals surface area contributed by atoms with E-state index in [-0.39, 0.29) is 5.91 Å². The van der Waals surface area contributed by atoms with Crippen molar-refractivity contribution in [3.8, 4) is 11.1 Å². The number of nitrogens with zero attached hydrogens (tertiary/aromatic N) is 3. The third-order valence-electron chi connectivity index (χ3n) is 2.78. The first-order valence-electron chi connectivity index (χ1n) is 5.99. The van der Waals surface area contributed by atoms with Gasteiger partial charge in [-0.05, 0) is 23.8 Å². The van der Waals surface area contributed by atoms with Gasteiger partial charge < -0.3 is 5.32 Å². The van der Waals surface area contributed by atoms with Gasteiger partial charge in [0.15, 0.2) is 0 Å². The minimum Gasteiger partial charge on any atom is -0.306 e. The molecule has 0 atom stereocenters. The molecule has 98 valence electrons. The Morgan fingerprint density at radius 2 is 2.15 bits per heavy atom. The number of anilines is 1. The van der Waals surface area contributed by atoms with Crippen LogP contribution in [-0.4, -0.2) is 26.1 Å². The third-order valence-corrected chi connectivity index (χ3v) is 2.78. The average molecular weight is 265 g/mol. The van der Waals surface area contributed by atoms with Gasteiger partial charge in [0.05, 0.1) is 6.20 Å². The number of aromatic nitrogens is 4. The second-order valence-electron chi connectivity index (χ2n) is 4.12. The van der Waals surface area contributed by atoms with E-state index in [2.05, 4.69) is 25.5 Å². The fraction of sp³-hybridized carbons (Fsp3) is 0. The molecule has 3 rings (SSSR count). The van der Waals surface area contributed by atoms with E-state index in [1.54, 1.807) is 36.8 Å². The van der Waals surface area contributed by atoms with Crippen molar-refractivity contribution in [3.05, 3.63) is 60.8 Å². The van der Waals surface area contributed by atoms with Crippen molar-refractivity contribution >= 4 is 11.7 Å². The average Bonchev–Trinajstić information content (AvgIpc) is 3.03. The minimum absolute atomic E-state index is 0.214. The van der Waals surface area contributed by atoms with Crippen molar-refractivity contribution in [2.24, 2.45) is 0 Å². The molecule has 0 radical (unpaired) electrons. The molecule has 0 aliphatic carbocycles. The van der Waals surface area contributed by atoms with E-state index >= 15 is 0 Å². The maximum Gasteiger partial charge on any atom is 0.256 e. The van der Waals surface area contributed by atoms with Gasteiger partial charge >= 0.3 is 0 Å². The largest absolute Gasteiger partial charge is 0.306 e. The zero-order valence-electron chi connectivity index (χ0n) is 10.4. The SMILES string of the molecule is O=C(Nc1ccncn1)c1cccc(-c2cn[nH]c2)c1. The quantitative estimate of drug-likeness (QED) is 0.759. The maximum absolute atomic E-state index is 12.1. The predicted molar refractivity (Wildman–Crippen MR) is 74.0 cm³/mol. The number of aromatic amines is 1. The van der Waals surface area contributed by atoms with Crippen molar-refractivity contribution in [1.29, 1.82) is 0 Å². The number of carbonyl (C=O) groups excluding carboxylic acids is 1. The Hall–Kier alpha value is -3.02. The maximum atomic E-state index is 12.1. The lowest BCUT2D eigenvalue weighted by Gasteiger charge is -2.05. The second-order valence-corrected chi connectivity index (χ2v) is 4.12. The Morgan fingerprint density at radius 3 is 2.90 bits per heavy atom. The summed E-state index contributed by atoms with van der Waals surface area (Å²) in [6.07, 6.45) is 6.45. The van der Waals surface area contributed by atoms with Crippen LogP contribution in [0.4, 0.5) is 5.82 Å². The van der Waals surface area contributed by atoms with Crippen molar-refractivity contribution in [3.63, 3.8) is 0 Å². The molecule has 20 heavy (non-hydrogen) atoms. The Kier molecular flexibility index (Phi) is 3.20. The number of nitrogens with one attached hydrogen (secondary N) is 2. The number of H-pyrrole nitrogens is 1. The van der Waals surface area contributed by atoms with Crippen LogP contribution in [0.1, 0.15) is 10.4 Å². The third kappa shape index (κ3) is 2.54. The number of rotatable bonds is 3. The molecule has 1 amide bonds. The van der Waals surface area contributed by atoms with Crippen LogP contribution in [0.2, 0.25) is 0 Å². The van der Waals surface area contributed by atoms with E-state index < -0.39 is 0 Å². The summed E-state index contributed by atoms with van der Waals surface area (Å²) in [5, 5.41) is 9.36. The molecule has 6 nitrogen and oxygen atoms in total. The van der Waals surface area contributed by atoms with Crippen LogP contribution in [0.3, 0.4) is 0 Å². The fourth-order valence-electron chi connectivity index (χ4n) is 1.80. The van der Waals surface area contributed by atoms with Gasteiger partial charge in [0.1, 0.15) is 12.1 Å². The van der Waals surface area contributed by atoms with Gasteiger partial charge in [-0.25, -0.2) is 9.97 Å². The molecule has 0 fully saturated rings. The van der Waals surface area contributed by atoms with E-state index in [0.717, 1.165) is 11.1 Å². The Labute approximate surface area is 114 Å². The standard InChI is InChI=1S/C14H11N5O/c20-14(19-13-4-5-15-9-16-13)11-3-1-2-10(6-11)12-7-17-18-8-12/h1-9H,(H,17,18)(H,15,16,19,20). The van der Waals surface area contributed by atoms with E-state index in [1.807, 2.05) is 12.1 Å². The molecule has 0 unspecified atom stereocenters. The number of carbonyl (C=O) groups is 1. The molecular formula is C14H11N5O. The smallest absolute Gasteiger partial charge is 0.256 e. The summed E-state index contributed by atoms with van der Waals surface area (Å²) in [5.74, 6) is 0.257. The number of benzene rings is 1. The van der Waals surface area contributed by atoms with Crippen LogP contribution in [0.25, 0.3) is 11.1 Å². The summed E-state index contributed by atoms with van der Waals surface area (Å²) in [5.41, 5.74) is 2.41. The summed E-state index contributed by atoms with van der Waals surface area (Å²) in [6, 6.07) is 8.95. The van der Waals surface area contributed by atoms with E-state index in [9.17, 15) is 4.79 Å². The summed E-state index contributed by atoms with van der Waals surface area (Å²) in [6.45, 7) is 0. The minimum atomic E-state index is -0.214. The molecule has 0 bridgehead atoms. The molecule has 2 aromatic heterocycles. The van der Waals surface area contributed by atoms with Crippen LogP contribution in [-0.2, 0) is 0 Å². The highest BCUT2D eigenvalue weighted by Gasteiger charge is 2.08. The zero-order chi connectivity index (χ0) is 13.8. The highest BCUT2D eigenvalue weighted by atomic mass is 16.1. The second kappa shape index (κ2) is 5.31. The van der Waals surface area contributed by atoms with Gasteiger partial charge in [-0.2, -0.15) is 5.10 Å². The zero-order valence-corrected chi connectivity index (χ0v) is 10.4. The monoisotopic (exact) mass is 265 g/mol. The number of hydrogen-bond acceptors (Lipinski definition) is 4. The summed E-state index contributed by atoms with van der Waals surface area (Å²) >= 11 is 0. The summed E-state index contributed by atoms with van der Waals surface area (Å²) in [4.78, 5) is 19.9. The van der Waals surface area contributed by atoms with Crippen LogP contribution < -0.4 is 5.32 Å². The van der Waals surface area contributed by atoms with Gasteiger partial charge in [0.25, 0.3) is 5.91 Å². The molecule has 0 aliphatic rings. The van der Waals surface area contributed by atoms with Crippen molar-refractivity contribution in [1.82, 2.24) is 20.2 Å². The lowest BCUT2D eigenvalue weighted by molar-refractivity contribution is 0.102. The lowest BCUT2D eigenvalue weighted by Crippen LogP contribution is -2.12. The number of hydrogen-bond donors (Lipinski definition) is 2. The molecule has 0 aliphatic heterocycles. The van der Waals surface area contributed by atoms with E-state index in [1.165, 1.54) is 6.33 Å². The van der Waals surface area contributed by atoms with Crippen LogP contribution in [0.5, 0.6) is 0 Å². The van der Waals surface area contributed by atoms with Gasteiger partial charge in [-0.3, -0.25) is 9.89 Å². The van der Waals surface area contributed by atoms with Crippen LogP contribution >= 0.6 is 0 Å². The first kappa shape index (κ1) is 12.0. The predicted octanol–water partition coefficient (Wildman–Crippen LogP) is 2.12.